The van der Waals surface area contributed by atoms with E-state index in [1.807, 2.05) is 0 Å². The number of halogens is 1. The Kier molecular flexibility index (Phi) is 4.61. The monoisotopic (exact) mass is 244 g/mol. The van der Waals surface area contributed by atoms with Gasteiger partial charge >= 0.3 is 0 Å². The van der Waals surface area contributed by atoms with Gasteiger partial charge in [0.2, 0.25) is 5.91 Å². The van der Waals surface area contributed by atoms with Gasteiger partial charge in [-0.15, -0.1) is 0 Å². The molecule has 0 saturated heterocycles. The van der Waals surface area contributed by atoms with Crippen molar-refractivity contribution in [3.8, 4) is 0 Å². The quantitative estimate of drug-likeness (QED) is 0.773. The first-order valence-electron chi connectivity index (χ1n) is 5.34. The van der Waals surface area contributed by atoms with E-state index in [9.17, 15) is 4.79 Å². The van der Waals surface area contributed by atoms with Crippen molar-refractivity contribution in [2.45, 2.75) is 32.7 Å². The number of nitrogen functional groups attached to an aromatic ring is 1. The summed E-state index contributed by atoms with van der Waals surface area (Å²) in [6.07, 6.45) is 3.58. The van der Waals surface area contributed by atoms with Gasteiger partial charge in [-0.3, -0.25) is 9.48 Å². The smallest absolute Gasteiger partial charge is 0.244 e. The summed E-state index contributed by atoms with van der Waals surface area (Å²) >= 11 is 5.76. The van der Waals surface area contributed by atoms with Crippen molar-refractivity contribution in [1.82, 2.24) is 15.1 Å². The molecule has 0 fully saturated rings. The zero-order valence-electron chi connectivity index (χ0n) is 9.53. The molecular weight excluding hydrogens is 228 g/mol. The molecule has 0 saturated carbocycles. The third kappa shape index (κ3) is 3.13. The van der Waals surface area contributed by atoms with E-state index in [2.05, 4.69) is 17.3 Å². The first kappa shape index (κ1) is 12.8. The molecule has 5 nitrogen and oxygen atoms in total. The third-order valence-corrected chi connectivity index (χ3v) is 2.61. The highest BCUT2D eigenvalue weighted by atomic mass is 35.5. The summed E-state index contributed by atoms with van der Waals surface area (Å²) in [7, 11) is 0. The summed E-state index contributed by atoms with van der Waals surface area (Å²) in [4.78, 5) is 11.7. The molecular formula is C10H17ClN4O. The highest BCUT2D eigenvalue weighted by Gasteiger charge is 2.16. The molecule has 1 atom stereocenters. The van der Waals surface area contributed by atoms with Crippen LogP contribution < -0.4 is 11.1 Å². The van der Waals surface area contributed by atoms with Crippen LogP contribution >= 0.6 is 11.6 Å². The summed E-state index contributed by atoms with van der Waals surface area (Å²) in [5, 5.41) is 7.16. The molecule has 0 aliphatic rings. The van der Waals surface area contributed by atoms with E-state index in [1.54, 1.807) is 13.1 Å². The summed E-state index contributed by atoms with van der Waals surface area (Å²) in [6.45, 7) is 4.51. The number of aromatic nitrogens is 2. The number of rotatable bonds is 5. The highest BCUT2D eigenvalue weighted by Crippen LogP contribution is 2.18. The van der Waals surface area contributed by atoms with Crippen LogP contribution in [-0.2, 0) is 4.79 Å². The molecule has 1 aromatic heterocycles. The average molecular weight is 245 g/mol. The van der Waals surface area contributed by atoms with Crippen LogP contribution in [0.15, 0.2) is 6.20 Å². The summed E-state index contributed by atoms with van der Waals surface area (Å²) in [5.41, 5.74) is 5.50. The number of hydrogen-bond donors (Lipinski definition) is 2. The number of hydrogen-bond acceptors (Lipinski definition) is 3. The van der Waals surface area contributed by atoms with Gasteiger partial charge in [0, 0.05) is 12.7 Å². The molecule has 0 spiro atoms. The van der Waals surface area contributed by atoms with Crippen molar-refractivity contribution in [3.63, 3.8) is 0 Å². The zero-order chi connectivity index (χ0) is 12.1. The molecule has 0 aliphatic heterocycles. The molecule has 1 heterocycles. The first-order valence-corrected chi connectivity index (χ1v) is 5.72. The molecule has 1 unspecified atom stereocenters. The van der Waals surface area contributed by atoms with E-state index in [4.69, 9.17) is 17.3 Å². The van der Waals surface area contributed by atoms with E-state index in [0.29, 0.717) is 11.6 Å². The molecule has 3 N–H and O–H groups in total. The lowest BCUT2D eigenvalue weighted by Crippen LogP contribution is -2.31. The van der Waals surface area contributed by atoms with Gasteiger partial charge in [-0.2, -0.15) is 5.10 Å². The predicted octanol–water partition coefficient (Wildman–Crippen LogP) is 1.60. The molecule has 1 aromatic rings. The number of unbranched alkanes of at least 4 members (excludes halogenated alkanes) is 1. The molecule has 1 rings (SSSR count). The number of anilines is 1. The second kappa shape index (κ2) is 5.75. The third-order valence-electron chi connectivity index (χ3n) is 2.32. The Balaban J connectivity index is 2.56. The summed E-state index contributed by atoms with van der Waals surface area (Å²) in [5.74, 6) is 0.169. The topological polar surface area (TPSA) is 72.9 Å². The average Bonchev–Trinajstić information content (AvgIpc) is 2.58. The maximum atomic E-state index is 11.7. The maximum absolute atomic E-state index is 11.7. The van der Waals surface area contributed by atoms with E-state index in [0.717, 1.165) is 12.8 Å². The Hall–Kier alpha value is -1.23. The van der Waals surface area contributed by atoms with Gasteiger partial charge in [-0.25, -0.2) is 0 Å². The normalized spacial score (nSPS) is 12.4. The van der Waals surface area contributed by atoms with Gasteiger partial charge in [-0.1, -0.05) is 24.9 Å². The number of nitrogens with two attached hydrogens (primary N) is 1. The van der Waals surface area contributed by atoms with Crippen molar-refractivity contribution in [2.75, 3.05) is 12.3 Å². The van der Waals surface area contributed by atoms with E-state index < -0.39 is 6.04 Å². The Labute approximate surface area is 99.9 Å². The van der Waals surface area contributed by atoms with Crippen molar-refractivity contribution >= 4 is 23.3 Å². The SMILES string of the molecule is CCCCNC(=O)C(C)n1cc(Cl)c(N)n1. The van der Waals surface area contributed by atoms with Crippen molar-refractivity contribution in [3.05, 3.63) is 11.2 Å². The van der Waals surface area contributed by atoms with Gasteiger partial charge in [0.1, 0.15) is 11.1 Å². The lowest BCUT2D eigenvalue weighted by atomic mass is 10.3. The van der Waals surface area contributed by atoms with Gasteiger partial charge < -0.3 is 11.1 Å². The second-order valence-electron chi connectivity index (χ2n) is 3.66. The van der Waals surface area contributed by atoms with Crippen LogP contribution in [0, 0.1) is 0 Å². The number of carbonyl (C=O) groups is 1. The van der Waals surface area contributed by atoms with E-state index in [1.165, 1.54) is 4.68 Å². The highest BCUT2D eigenvalue weighted by molar-refractivity contribution is 6.32. The second-order valence-corrected chi connectivity index (χ2v) is 4.07. The minimum Gasteiger partial charge on any atom is -0.381 e. The first-order chi connectivity index (χ1) is 7.56. The van der Waals surface area contributed by atoms with Crippen LogP contribution in [0.25, 0.3) is 0 Å². The van der Waals surface area contributed by atoms with Crippen molar-refractivity contribution in [1.29, 1.82) is 0 Å². The maximum Gasteiger partial charge on any atom is 0.244 e. The zero-order valence-corrected chi connectivity index (χ0v) is 10.3. The Morgan fingerprint density at radius 2 is 2.44 bits per heavy atom. The minimum atomic E-state index is -0.397. The molecule has 0 aromatic carbocycles. The van der Waals surface area contributed by atoms with Crippen molar-refractivity contribution in [2.24, 2.45) is 0 Å². The molecule has 0 aliphatic carbocycles. The number of carbonyl (C=O) groups excluding carboxylic acids is 1. The fourth-order valence-electron chi connectivity index (χ4n) is 1.24. The predicted molar refractivity (Wildman–Crippen MR) is 64.3 cm³/mol. The number of nitrogens with one attached hydrogen (secondary N) is 1. The Morgan fingerprint density at radius 3 is 2.94 bits per heavy atom. The standard InChI is InChI=1S/C10H17ClN4O/c1-3-4-5-13-10(16)7(2)15-6-8(11)9(12)14-15/h6-7H,3-5H2,1-2H3,(H2,12,14)(H,13,16). The molecule has 0 radical (unpaired) electrons. The molecule has 6 heteroatoms. The van der Waals surface area contributed by atoms with Gasteiger partial charge in [0.25, 0.3) is 0 Å². The van der Waals surface area contributed by atoms with Crippen LogP contribution in [0.3, 0.4) is 0 Å². The minimum absolute atomic E-state index is 0.0763. The number of nitrogens with zero attached hydrogens (tertiary/aromatic N) is 2. The molecule has 0 bridgehead atoms. The van der Waals surface area contributed by atoms with Gasteiger partial charge in [-0.05, 0) is 13.3 Å². The van der Waals surface area contributed by atoms with E-state index in [-0.39, 0.29) is 11.7 Å². The van der Waals surface area contributed by atoms with Gasteiger partial charge in [0.05, 0.1) is 0 Å². The summed E-state index contributed by atoms with van der Waals surface area (Å²) < 4.78 is 1.47. The van der Waals surface area contributed by atoms with E-state index >= 15 is 0 Å². The van der Waals surface area contributed by atoms with Crippen LogP contribution in [-0.4, -0.2) is 22.2 Å². The Morgan fingerprint density at radius 1 is 1.75 bits per heavy atom. The molecule has 90 valence electrons. The lowest BCUT2D eigenvalue weighted by molar-refractivity contribution is -0.124. The Bertz CT molecular complexity index is 344. The largest absolute Gasteiger partial charge is 0.381 e. The van der Waals surface area contributed by atoms with Crippen LogP contribution in [0.5, 0.6) is 0 Å². The fraction of sp³-hybridized carbons (Fsp3) is 0.600. The van der Waals surface area contributed by atoms with Crippen molar-refractivity contribution < 1.29 is 4.79 Å². The van der Waals surface area contributed by atoms with Crippen LogP contribution in [0.4, 0.5) is 5.82 Å². The van der Waals surface area contributed by atoms with Crippen LogP contribution in [0.1, 0.15) is 32.7 Å². The van der Waals surface area contributed by atoms with Gasteiger partial charge in [0.15, 0.2) is 5.82 Å². The molecule has 1 amide bonds. The fourth-order valence-corrected chi connectivity index (χ4v) is 1.38. The lowest BCUT2D eigenvalue weighted by Gasteiger charge is -2.12. The summed E-state index contributed by atoms with van der Waals surface area (Å²) in [6, 6.07) is -0.397. The number of amides is 1. The van der Waals surface area contributed by atoms with Crippen LogP contribution in [0.2, 0.25) is 5.02 Å². The molecule has 16 heavy (non-hydrogen) atoms.